The molecule has 0 spiro atoms. The molecule has 0 bridgehead atoms. The zero-order chi connectivity index (χ0) is 20.0. The number of amides is 1. The minimum absolute atomic E-state index is 0.128. The molecule has 2 atom stereocenters. The first-order valence-corrected chi connectivity index (χ1v) is 10.9. The Morgan fingerprint density at radius 3 is 2.36 bits per heavy atom. The van der Waals surface area contributed by atoms with Crippen LogP contribution in [0.25, 0.3) is 0 Å². The van der Waals surface area contributed by atoms with E-state index < -0.39 is 10.0 Å². The maximum absolute atomic E-state index is 13.4. The summed E-state index contributed by atoms with van der Waals surface area (Å²) in [5, 5.41) is 2.83. The summed E-state index contributed by atoms with van der Waals surface area (Å²) in [6.45, 7) is 1.01. The topological polar surface area (TPSA) is 75.7 Å². The summed E-state index contributed by atoms with van der Waals surface area (Å²) in [4.78, 5) is 12.8. The van der Waals surface area contributed by atoms with Crippen molar-refractivity contribution in [1.82, 2.24) is 9.62 Å². The van der Waals surface area contributed by atoms with Gasteiger partial charge in [0.15, 0.2) is 0 Å². The third-order valence-electron chi connectivity index (χ3n) is 5.05. The van der Waals surface area contributed by atoms with Crippen LogP contribution in [0.5, 0.6) is 0 Å². The molecule has 1 N–H and O–H groups in total. The fraction of sp³-hybridized carbons (Fsp3) is 0.381. The molecule has 1 amide bonds. The van der Waals surface area contributed by atoms with Gasteiger partial charge in [0.2, 0.25) is 15.9 Å². The van der Waals surface area contributed by atoms with Crippen LogP contribution in [0, 0.1) is 5.92 Å². The SMILES string of the molecule is COCCNC(=O)C1CCC(c2ccccc2)N(S(=O)(=O)c2ccccc2)C1. The Balaban J connectivity index is 1.88. The Bertz CT molecular complexity index is 872. The molecule has 2 unspecified atom stereocenters. The quantitative estimate of drug-likeness (QED) is 0.723. The molecule has 0 aromatic heterocycles. The zero-order valence-electron chi connectivity index (χ0n) is 16.0. The first-order chi connectivity index (χ1) is 13.5. The first-order valence-electron chi connectivity index (χ1n) is 9.42. The van der Waals surface area contributed by atoms with Crippen LogP contribution in [-0.2, 0) is 19.6 Å². The van der Waals surface area contributed by atoms with E-state index in [-0.39, 0.29) is 29.3 Å². The monoisotopic (exact) mass is 402 g/mol. The Labute approximate surface area is 166 Å². The van der Waals surface area contributed by atoms with Crippen molar-refractivity contribution in [3.05, 3.63) is 66.2 Å². The van der Waals surface area contributed by atoms with Crippen molar-refractivity contribution in [3.8, 4) is 0 Å². The van der Waals surface area contributed by atoms with Gasteiger partial charge < -0.3 is 10.1 Å². The molecule has 1 aliphatic rings. The van der Waals surface area contributed by atoms with E-state index in [1.807, 2.05) is 30.3 Å². The molecule has 1 heterocycles. The number of carbonyl (C=O) groups excluding carboxylic acids is 1. The van der Waals surface area contributed by atoms with E-state index in [4.69, 9.17) is 4.74 Å². The van der Waals surface area contributed by atoms with Crippen LogP contribution in [0.2, 0.25) is 0 Å². The van der Waals surface area contributed by atoms with Crippen LogP contribution in [0.15, 0.2) is 65.6 Å². The summed E-state index contributed by atoms with van der Waals surface area (Å²) in [7, 11) is -2.15. The predicted octanol–water partition coefficient (Wildman–Crippen LogP) is 2.59. The van der Waals surface area contributed by atoms with Gasteiger partial charge >= 0.3 is 0 Å². The van der Waals surface area contributed by atoms with Gasteiger partial charge in [0.25, 0.3) is 0 Å². The Kier molecular flexibility index (Phi) is 6.83. The standard InChI is InChI=1S/C21H26N2O4S/c1-27-15-14-22-21(24)18-12-13-20(17-8-4-2-5-9-17)23(16-18)28(25,26)19-10-6-3-7-11-19/h2-11,18,20H,12-16H2,1H3,(H,22,24). The summed E-state index contributed by atoms with van der Waals surface area (Å²) in [6, 6.07) is 17.7. The molecule has 0 saturated carbocycles. The molecular weight excluding hydrogens is 376 g/mol. The third-order valence-corrected chi connectivity index (χ3v) is 6.94. The number of hydrogen-bond acceptors (Lipinski definition) is 4. The molecule has 3 rings (SSSR count). The molecule has 28 heavy (non-hydrogen) atoms. The number of rotatable bonds is 7. The normalized spacial score (nSPS) is 20.6. The number of piperidine rings is 1. The van der Waals surface area contributed by atoms with E-state index in [9.17, 15) is 13.2 Å². The van der Waals surface area contributed by atoms with Crippen molar-refractivity contribution >= 4 is 15.9 Å². The third kappa shape index (κ3) is 4.60. The number of ether oxygens (including phenoxy) is 1. The van der Waals surface area contributed by atoms with Gasteiger partial charge in [0.1, 0.15) is 0 Å². The first kappa shape index (κ1) is 20.5. The van der Waals surface area contributed by atoms with E-state index in [0.29, 0.717) is 26.0 Å². The van der Waals surface area contributed by atoms with Crippen LogP contribution in [0.1, 0.15) is 24.4 Å². The van der Waals surface area contributed by atoms with Crippen molar-refractivity contribution < 1.29 is 17.9 Å². The van der Waals surface area contributed by atoms with Crippen LogP contribution in [-0.4, -0.2) is 45.4 Å². The second kappa shape index (κ2) is 9.32. The lowest BCUT2D eigenvalue weighted by Gasteiger charge is -2.38. The van der Waals surface area contributed by atoms with E-state index in [2.05, 4.69) is 5.32 Å². The Morgan fingerprint density at radius 1 is 1.07 bits per heavy atom. The maximum Gasteiger partial charge on any atom is 0.243 e. The lowest BCUT2D eigenvalue weighted by molar-refractivity contribution is -0.126. The number of methoxy groups -OCH3 is 1. The molecule has 6 nitrogen and oxygen atoms in total. The van der Waals surface area contributed by atoms with Crippen LogP contribution < -0.4 is 5.32 Å². The minimum atomic E-state index is -3.72. The fourth-order valence-corrected chi connectivity index (χ4v) is 5.29. The summed E-state index contributed by atoms with van der Waals surface area (Å²) in [5.41, 5.74) is 0.945. The van der Waals surface area contributed by atoms with Gasteiger partial charge in [-0.2, -0.15) is 4.31 Å². The highest BCUT2D eigenvalue weighted by Gasteiger charge is 2.39. The van der Waals surface area contributed by atoms with Crippen molar-refractivity contribution in [3.63, 3.8) is 0 Å². The molecule has 1 aliphatic heterocycles. The number of sulfonamides is 1. The molecular formula is C21H26N2O4S. The van der Waals surface area contributed by atoms with Gasteiger partial charge in [-0.05, 0) is 30.5 Å². The largest absolute Gasteiger partial charge is 0.383 e. The molecule has 7 heteroatoms. The lowest BCUT2D eigenvalue weighted by Crippen LogP contribution is -2.47. The summed E-state index contributed by atoms with van der Waals surface area (Å²) >= 11 is 0. The van der Waals surface area contributed by atoms with Crippen LogP contribution in [0.3, 0.4) is 0 Å². The Hall–Kier alpha value is -2.22. The van der Waals surface area contributed by atoms with Crippen molar-refractivity contribution in [2.24, 2.45) is 5.92 Å². The number of nitrogens with zero attached hydrogens (tertiary/aromatic N) is 1. The van der Waals surface area contributed by atoms with Gasteiger partial charge in [0.05, 0.1) is 23.5 Å². The van der Waals surface area contributed by atoms with Crippen LogP contribution >= 0.6 is 0 Å². The zero-order valence-corrected chi connectivity index (χ0v) is 16.8. The molecule has 0 aliphatic carbocycles. The van der Waals surface area contributed by atoms with Gasteiger partial charge in [-0.25, -0.2) is 8.42 Å². The number of carbonyl (C=O) groups is 1. The average Bonchev–Trinajstić information content (AvgIpc) is 2.74. The fourth-order valence-electron chi connectivity index (χ4n) is 3.58. The summed E-state index contributed by atoms with van der Waals surface area (Å²) < 4.78 is 33.2. The van der Waals surface area contributed by atoms with E-state index in [1.54, 1.807) is 37.4 Å². The molecule has 1 fully saturated rings. The number of hydrogen-bond donors (Lipinski definition) is 1. The second-order valence-corrected chi connectivity index (χ2v) is 8.76. The highest BCUT2D eigenvalue weighted by molar-refractivity contribution is 7.89. The molecule has 1 saturated heterocycles. The van der Waals surface area contributed by atoms with E-state index in [0.717, 1.165) is 5.56 Å². The second-order valence-electron chi connectivity index (χ2n) is 6.87. The van der Waals surface area contributed by atoms with Gasteiger partial charge in [-0.3, -0.25) is 4.79 Å². The van der Waals surface area contributed by atoms with E-state index >= 15 is 0 Å². The molecule has 2 aromatic carbocycles. The molecule has 150 valence electrons. The smallest absolute Gasteiger partial charge is 0.243 e. The van der Waals surface area contributed by atoms with Gasteiger partial charge in [-0.1, -0.05) is 48.5 Å². The predicted molar refractivity (Wildman–Crippen MR) is 107 cm³/mol. The van der Waals surface area contributed by atoms with Crippen molar-refractivity contribution in [1.29, 1.82) is 0 Å². The Morgan fingerprint density at radius 2 is 1.71 bits per heavy atom. The number of nitrogens with one attached hydrogen (secondary N) is 1. The maximum atomic E-state index is 13.4. The van der Waals surface area contributed by atoms with Crippen molar-refractivity contribution in [2.45, 2.75) is 23.8 Å². The lowest BCUT2D eigenvalue weighted by atomic mass is 9.90. The van der Waals surface area contributed by atoms with E-state index in [1.165, 1.54) is 4.31 Å². The van der Waals surface area contributed by atoms with Gasteiger partial charge in [-0.15, -0.1) is 0 Å². The van der Waals surface area contributed by atoms with Crippen molar-refractivity contribution in [2.75, 3.05) is 26.8 Å². The minimum Gasteiger partial charge on any atom is -0.383 e. The highest BCUT2D eigenvalue weighted by Crippen LogP contribution is 2.37. The highest BCUT2D eigenvalue weighted by atomic mass is 32.2. The van der Waals surface area contributed by atoms with Gasteiger partial charge in [0, 0.05) is 20.2 Å². The van der Waals surface area contributed by atoms with Crippen LogP contribution in [0.4, 0.5) is 0 Å². The average molecular weight is 403 g/mol. The molecule has 2 aromatic rings. The summed E-state index contributed by atoms with van der Waals surface area (Å²) in [5.74, 6) is -0.507. The summed E-state index contributed by atoms with van der Waals surface area (Å²) in [6.07, 6.45) is 1.23. The number of benzene rings is 2. The molecule has 0 radical (unpaired) electrons.